The van der Waals surface area contributed by atoms with Crippen molar-refractivity contribution in [3.05, 3.63) is 11.2 Å². The number of nitrogens with one attached hydrogen (secondary N) is 1. The van der Waals surface area contributed by atoms with Gasteiger partial charge in [0.1, 0.15) is 18.4 Å². The zero-order valence-electron chi connectivity index (χ0n) is 9.34. The Bertz CT molecular complexity index is 454. The van der Waals surface area contributed by atoms with Gasteiger partial charge < -0.3 is 14.6 Å². The van der Waals surface area contributed by atoms with Crippen LogP contribution in [0.3, 0.4) is 0 Å². The standard InChI is InChI=1S/C9H10ClN3O5/c1-17-7-2-5(10)11-9(13-7)12-6(14)3-18-4-8(15)16/h2H,3-4H2,1H3,(H,15,16)(H,11,12,13,14). The van der Waals surface area contributed by atoms with Gasteiger partial charge in [-0.15, -0.1) is 0 Å². The third-order valence-corrected chi connectivity index (χ3v) is 1.78. The summed E-state index contributed by atoms with van der Waals surface area (Å²) in [4.78, 5) is 29.0. The van der Waals surface area contributed by atoms with Gasteiger partial charge in [0.25, 0.3) is 5.91 Å². The summed E-state index contributed by atoms with van der Waals surface area (Å²) in [6.45, 7) is -0.988. The lowest BCUT2D eigenvalue weighted by Gasteiger charge is -2.05. The molecule has 0 saturated carbocycles. The summed E-state index contributed by atoms with van der Waals surface area (Å²) in [7, 11) is 1.39. The Labute approximate surface area is 107 Å². The number of aromatic nitrogens is 2. The number of hydrogen-bond donors (Lipinski definition) is 2. The van der Waals surface area contributed by atoms with Crippen molar-refractivity contribution in [3.63, 3.8) is 0 Å². The van der Waals surface area contributed by atoms with Crippen LogP contribution in [0.25, 0.3) is 0 Å². The van der Waals surface area contributed by atoms with Crippen LogP contribution in [0.1, 0.15) is 0 Å². The van der Waals surface area contributed by atoms with Crippen LogP contribution in [0, 0.1) is 0 Å². The third kappa shape index (κ3) is 4.93. The van der Waals surface area contributed by atoms with Crippen LogP contribution in [0.5, 0.6) is 5.88 Å². The van der Waals surface area contributed by atoms with Crippen LogP contribution < -0.4 is 10.1 Å². The zero-order valence-corrected chi connectivity index (χ0v) is 10.1. The largest absolute Gasteiger partial charge is 0.481 e. The number of anilines is 1. The van der Waals surface area contributed by atoms with Crippen molar-refractivity contribution in [2.45, 2.75) is 0 Å². The van der Waals surface area contributed by atoms with Gasteiger partial charge in [0.05, 0.1) is 7.11 Å². The molecule has 0 saturated heterocycles. The normalized spacial score (nSPS) is 9.89. The molecular formula is C9H10ClN3O5. The second-order valence-electron chi connectivity index (χ2n) is 2.99. The van der Waals surface area contributed by atoms with Gasteiger partial charge in [0, 0.05) is 6.07 Å². The van der Waals surface area contributed by atoms with Gasteiger partial charge >= 0.3 is 5.97 Å². The summed E-state index contributed by atoms with van der Waals surface area (Å²) < 4.78 is 9.42. The summed E-state index contributed by atoms with van der Waals surface area (Å²) in [6, 6.07) is 1.37. The molecule has 0 aliphatic heterocycles. The molecule has 0 unspecified atom stereocenters. The highest BCUT2D eigenvalue weighted by atomic mass is 35.5. The number of aliphatic carboxylic acids is 1. The molecule has 0 atom stereocenters. The highest BCUT2D eigenvalue weighted by Gasteiger charge is 2.08. The van der Waals surface area contributed by atoms with E-state index in [0.717, 1.165) is 0 Å². The maximum absolute atomic E-state index is 11.3. The zero-order chi connectivity index (χ0) is 13.5. The van der Waals surface area contributed by atoms with E-state index in [1.165, 1.54) is 13.2 Å². The van der Waals surface area contributed by atoms with Crippen LogP contribution in [0.4, 0.5) is 5.95 Å². The van der Waals surface area contributed by atoms with E-state index in [-0.39, 0.29) is 17.0 Å². The minimum absolute atomic E-state index is 0.0525. The Morgan fingerprint density at radius 3 is 2.78 bits per heavy atom. The topological polar surface area (TPSA) is 111 Å². The molecule has 1 rings (SSSR count). The summed E-state index contributed by atoms with van der Waals surface area (Å²) in [5, 5.41) is 10.7. The number of carboxylic acid groups (broad SMARTS) is 1. The molecule has 18 heavy (non-hydrogen) atoms. The number of amides is 1. The van der Waals surface area contributed by atoms with Crippen LogP contribution in [-0.2, 0) is 14.3 Å². The van der Waals surface area contributed by atoms with E-state index in [1.807, 2.05) is 0 Å². The first-order valence-electron chi connectivity index (χ1n) is 4.69. The molecule has 0 aliphatic carbocycles. The van der Waals surface area contributed by atoms with Crippen molar-refractivity contribution >= 4 is 29.4 Å². The molecule has 0 aromatic carbocycles. The average molecular weight is 276 g/mol. The van der Waals surface area contributed by atoms with Gasteiger partial charge in [-0.1, -0.05) is 11.6 Å². The van der Waals surface area contributed by atoms with E-state index >= 15 is 0 Å². The number of carboxylic acids is 1. The predicted octanol–water partition coefficient (Wildman–Crippen LogP) is 0.178. The van der Waals surface area contributed by atoms with Gasteiger partial charge in [0.2, 0.25) is 11.8 Å². The molecule has 0 bridgehead atoms. The van der Waals surface area contributed by atoms with E-state index in [2.05, 4.69) is 20.0 Å². The average Bonchev–Trinajstić information content (AvgIpc) is 2.27. The highest BCUT2D eigenvalue weighted by molar-refractivity contribution is 6.29. The predicted molar refractivity (Wildman–Crippen MR) is 60.7 cm³/mol. The third-order valence-electron chi connectivity index (χ3n) is 1.59. The number of carbonyl (C=O) groups is 2. The summed E-state index contributed by atoms with van der Waals surface area (Å²) in [5.41, 5.74) is 0. The number of rotatable bonds is 6. The van der Waals surface area contributed by atoms with Crippen molar-refractivity contribution in [3.8, 4) is 5.88 Å². The Morgan fingerprint density at radius 2 is 2.17 bits per heavy atom. The lowest BCUT2D eigenvalue weighted by Crippen LogP contribution is -2.21. The number of halogens is 1. The Morgan fingerprint density at radius 1 is 1.44 bits per heavy atom. The van der Waals surface area contributed by atoms with E-state index in [0.29, 0.717) is 0 Å². The quantitative estimate of drug-likeness (QED) is 0.712. The molecule has 1 heterocycles. The second kappa shape index (κ2) is 6.72. The number of hydrogen-bond acceptors (Lipinski definition) is 6. The van der Waals surface area contributed by atoms with Crippen molar-refractivity contribution in [2.24, 2.45) is 0 Å². The molecule has 98 valence electrons. The molecule has 1 aromatic heterocycles. The van der Waals surface area contributed by atoms with Gasteiger partial charge in [-0.2, -0.15) is 4.98 Å². The fraction of sp³-hybridized carbons (Fsp3) is 0.333. The van der Waals surface area contributed by atoms with Crippen molar-refractivity contribution in [1.82, 2.24) is 9.97 Å². The molecule has 1 amide bonds. The van der Waals surface area contributed by atoms with E-state index in [4.69, 9.17) is 21.4 Å². The Kier molecular flexibility index (Phi) is 5.28. The summed E-state index contributed by atoms with van der Waals surface area (Å²) in [6.07, 6.45) is 0. The first-order valence-corrected chi connectivity index (χ1v) is 5.07. The number of carbonyl (C=O) groups excluding carboxylic acids is 1. The molecule has 0 radical (unpaired) electrons. The number of methoxy groups -OCH3 is 1. The number of ether oxygens (including phenoxy) is 2. The first-order chi connectivity index (χ1) is 8.51. The molecule has 0 aliphatic rings. The van der Waals surface area contributed by atoms with Gasteiger partial charge in [-0.05, 0) is 0 Å². The molecule has 8 nitrogen and oxygen atoms in total. The van der Waals surface area contributed by atoms with Crippen LogP contribution in [0.2, 0.25) is 5.15 Å². The lowest BCUT2D eigenvalue weighted by molar-refractivity contribution is -0.143. The molecule has 0 spiro atoms. The fourth-order valence-electron chi connectivity index (χ4n) is 0.949. The van der Waals surface area contributed by atoms with Crippen LogP contribution in [-0.4, -0.2) is 47.3 Å². The van der Waals surface area contributed by atoms with Gasteiger partial charge in [-0.25, -0.2) is 9.78 Å². The molecule has 0 fully saturated rings. The smallest absolute Gasteiger partial charge is 0.329 e. The van der Waals surface area contributed by atoms with Gasteiger partial charge in [0.15, 0.2) is 0 Å². The minimum Gasteiger partial charge on any atom is -0.481 e. The summed E-state index contributed by atoms with van der Waals surface area (Å²) >= 11 is 5.67. The Hall–Kier alpha value is -1.93. The SMILES string of the molecule is COc1cc(Cl)nc(NC(=O)COCC(=O)O)n1. The number of nitrogens with zero attached hydrogens (tertiary/aromatic N) is 2. The summed E-state index contributed by atoms with van der Waals surface area (Å²) in [5.74, 6) is -1.62. The molecule has 2 N–H and O–H groups in total. The second-order valence-corrected chi connectivity index (χ2v) is 3.38. The molecule has 1 aromatic rings. The monoisotopic (exact) mass is 275 g/mol. The van der Waals surface area contributed by atoms with Crippen molar-refractivity contribution < 1.29 is 24.2 Å². The molecule has 9 heteroatoms. The van der Waals surface area contributed by atoms with Crippen molar-refractivity contribution in [1.29, 1.82) is 0 Å². The van der Waals surface area contributed by atoms with Crippen LogP contribution >= 0.6 is 11.6 Å². The highest BCUT2D eigenvalue weighted by Crippen LogP contribution is 2.15. The fourth-order valence-corrected chi connectivity index (χ4v) is 1.12. The maximum Gasteiger partial charge on any atom is 0.329 e. The minimum atomic E-state index is -1.16. The lowest BCUT2D eigenvalue weighted by atomic mass is 10.6. The van der Waals surface area contributed by atoms with Gasteiger partial charge in [-0.3, -0.25) is 10.1 Å². The van der Waals surface area contributed by atoms with E-state index in [1.54, 1.807) is 0 Å². The first kappa shape index (κ1) is 14.1. The van der Waals surface area contributed by atoms with E-state index in [9.17, 15) is 9.59 Å². The maximum atomic E-state index is 11.3. The molecular weight excluding hydrogens is 266 g/mol. The van der Waals surface area contributed by atoms with E-state index < -0.39 is 25.1 Å². The van der Waals surface area contributed by atoms with Crippen LogP contribution in [0.15, 0.2) is 6.07 Å². The Balaban J connectivity index is 2.53. The van der Waals surface area contributed by atoms with Crippen molar-refractivity contribution in [2.75, 3.05) is 25.6 Å².